The minimum absolute atomic E-state index is 0.198. The molecular weight excluding hydrogens is 254 g/mol. The third-order valence-electron chi connectivity index (χ3n) is 2.45. The van der Waals surface area contributed by atoms with Crippen LogP contribution in [0.5, 0.6) is 0 Å². The van der Waals surface area contributed by atoms with Gasteiger partial charge in [0, 0.05) is 19.2 Å². The van der Waals surface area contributed by atoms with Crippen LogP contribution in [0.2, 0.25) is 0 Å². The number of hydrogen-bond acceptors (Lipinski definition) is 5. The zero-order valence-electron chi connectivity index (χ0n) is 10.8. The number of aromatic nitrogens is 1. The van der Waals surface area contributed by atoms with Gasteiger partial charge in [-0.3, -0.25) is 0 Å². The predicted molar refractivity (Wildman–Crippen MR) is 65.9 cm³/mol. The van der Waals surface area contributed by atoms with Crippen molar-refractivity contribution in [3.05, 3.63) is 17.5 Å². The van der Waals surface area contributed by atoms with E-state index in [0.717, 1.165) is 0 Å². The second-order valence-electron chi connectivity index (χ2n) is 4.17. The van der Waals surface area contributed by atoms with E-state index < -0.39 is 10.0 Å². The van der Waals surface area contributed by atoms with Gasteiger partial charge in [-0.05, 0) is 13.8 Å². The fourth-order valence-electron chi connectivity index (χ4n) is 1.55. The highest BCUT2D eigenvalue weighted by atomic mass is 32.2. The smallest absolute Gasteiger partial charge is 0.220 e. The molecule has 1 heterocycles. The molecule has 0 saturated carbocycles. The summed E-state index contributed by atoms with van der Waals surface area (Å²) in [5.41, 5.74) is 0.385. The molecule has 0 radical (unpaired) electrons. The van der Waals surface area contributed by atoms with E-state index in [4.69, 9.17) is 9.78 Å². The van der Waals surface area contributed by atoms with E-state index in [1.807, 2.05) is 6.07 Å². The van der Waals surface area contributed by atoms with Crippen LogP contribution in [0.15, 0.2) is 10.6 Å². The fraction of sp³-hybridized carbons (Fsp3) is 0.636. The van der Waals surface area contributed by atoms with Crippen LogP contribution >= 0.6 is 0 Å². The molecule has 0 saturated heterocycles. The fourth-order valence-corrected chi connectivity index (χ4v) is 3.09. The second-order valence-corrected chi connectivity index (χ2v) is 6.13. The van der Waals surface area contributed by atoms with Gasteiger partial charge in [0.15, 0.2) is 0 Å². The topological polar surface area (TPSA) is 87.2 Å². The first kappa shape index (κ1) is 14.7. The van der Waals surface area contributed by atoms with Crippen molar-refractivity contribution in [1.82, 2.24) is 9.46 Å². The summed E-state index contributed by atoms with van der Waals surface area (Å²) >= 11 is 0. The Morgan fingerprint density at radius 2 is 2.28 bits per heavy atom. The molecule has 0 aliphatic heterocycles. The third kappa shape index (κ3) is 3.82. The third-order valence-corrected chi connectivity index (χ3v) is 4.31. The number of nitriles is 1. The van der Waals surface area contributed by atoms with Crippen LogP contribution in [-0.4, -0.2) is 31.0 Å². The number of hydrogen-bond donors (Lipinski definition) is 0. The largest absolute Gasteiger partial charge is 0.361 e. The molecule has 1 atom stereocenters. The van der Waals surface area contributed by atoms with Crippen LogP contribution in [0.3, 0.4) is 0 Å². The molecule has 0 bridgehead atoms. The predicted octanol–water partition coefficient (Wildman–Crippen LogP) is 1.29. The minimum Gasteiger partial charge on any atom is -0.361 e. The summed E-state index contributed by atoms with van der Waals surface area (Å²) in [7, 11) is -3.46. The first-order valence-electron chi connectivity index (χ1n) is 5.68. The Morgan fingerprint density at radius 3 is 2.72 bits per heavy atom. The molecule has 0 amide bonds. The molecule has 1 aromatic rings. The average Bonchev–Trinajstić information content (AvgIpc) is 2.70. The molecule has 7 heteroatoms. The lowest BCUT2D eigenvalue weighted by atomic mass is 10.2. The SMILES string of the molecule is CCN(CC(C)C#N)S(=O)(=O)Cc1cc(C)on1. The van der Waals surface area contributed by atoms with E-state index in [-0.39, 0.29) is 18.2 Å². The molecule has 6 nitrogen and oxygen atoms in total. The van der Waals surface area contributed by atoms with Crippen molar-refractivity contribution < 1.29 is 12.9 Å². The Morgan fingerprint density at radius 1 is 1.61 bits per heavy atom. The van der Waals surface area contributed by atoms with Gasteiger partial charge in [-0.2, -0.15) is 5.26 Å². The van der Waals surface area contributed by atoms with Crippen molar-refractivity contribution in [1.29, 1.82) is 5.26 Å². The molecule has 0 aromatic carbocycles. The summed E-state index contributed by atoms with van der Waals surface area (Å²) in [6.45, 7) is 5.68. The quantitative estimate of drug-likeness (QED) is 0.778. The van der Waals surface area contributed by atoms with Gasteiger partial charge >= 0.3 is 0 Å². The normalized spacial score (nSPS) is 13.5. The van der Waals surface area contributed by atoms with Crippen LogP contribution < -0.4 is 0 Å². The summed E-state index contributed by atoms with van der Waals surface area (Å²) in [4.78, 5) is 0. The molecule has 0 spiro atoms. The molecule has 0 N–H and O–H groups in total. The summed E-state index contributed by atoms with van der Waals surface area (Å²) in [5, 5.41) is 12.4. The van der Waals surface area contributed by atoms with E-state index in [1.165, 1.54) is 4.31 Å². The molecule has 100 valence electrons. The van der Waals surface area contributed by atoms with Gasteiger partial charge in [-0.15, -0.1) is 0 Å². The van der Waals surface area contributed by atoms with E-state index in [1.54, 1.807) is 26.8 Å². The van der Waals surface area contributed by atoms with Crippen molar-refractivity contribution in [2.45, 2.75) is 26.5 Å². The van der Waals surface area contributed by atoms with Crippen LogP contribution in [0.25, 0.3) is 0 Å². The van der Waals surface area contributed by atoms with Crippen LogP contribution in [-0.2, 0) is 15.8 Å². The Hall–Kier alpha value is -1.39. The second kappa shape index (κ2) is 5.98. The lowest BCUT2D eigenvalue weighted by Crippen LogP contribution is -2.35. The minimum atomic E-state index is -3.46. The van der Waals surface area contributed by atoms with Gasteiger partial charge in [0.05, 0.1) is 12.0 Å². The zero-order valence-corrected chi connectivity index (χ0v) is 11.6. The number of rotatable bonds is 6. The lowest BCUT2D eigenvalue weighted by molar-refractivity contribution is 0.386. The maximum atomic E-state index is 12.1. The van der Waals surface area contributed by atoms with E-state index in [2.05, 4.69) is 5.16 Å². The molecule has 0 fully saturated rings. The highest BCUT2D eigenvalue weighted by Crippen LogP contribution is 2.12. The first-order valence-corrected chi connectivity index (χ1v) is 7.29. The summed E-state index contributed by atoms with van der Waals surface area (Å²) < 4.78 is 30.4. The van der Waals surface area contributed by atoms with E-state index in [9.17, 15) is 8.42 Å². The number of sulfonamides is 1. The van der Waals surface area contributed by atoms with Crippen LogP contribution in [0.4, 0.5) is 0 Å². The van der Waals surface area contributed by atoms with Crippen LogP contribution in [0, 0.1) is 24.2 Å². The van der Waals surface area contributed by atoms with Gasteiger partial charge in [0.25, 0.3) is 0 Å². The lowest BCUT2D eigenvalue weighted by Gasteiger charge is -2.20. The van der Waals surface area contributed by atoms with E-state index >= 15 is 0 Å². The molecular formula is C11H17N3O3S. The molecule has 1 unspecified atom stereocenters. The van der Waals surface area contributed by atoms with Crippen molar-refractivity contribution in [2.75, 3.05) is 13.1 Å². The van der Waals surface area contributed by atoms with Gasteiger partial charge in [0.1, 0.15) is 17.2 Å². The van der Waals surface area contributed by atoms with E-state index in [0.29, 0.717) is 18.0 Å². The van der Waals surface area contributed by atoms with Crippen molar-refractivity contribution in [3.8, 4) is 6.07 Å². The van der Waals surface area contributed by atoms with Crippen molar-refractivity contribution in [3.63, 3.8) is 0 Å². The molecule has 0 aliphatic carbocycles. The highest BCUT2D eigenvalue weighted by molar-refractivity contribution is 7.88. The van der Waals surface area contributed by atoms with Gasteiger partial charge < -0.3 is 4.52 Å². The molecule has 1 aromatic heterocycles. The highest BCUT2D eigenvalue weighted by Gasteiger charge is 2.24. The van der Waals surface area contributed by atoms with Crippen molar-refractivity contribution >= 4 is 10.0 Å². The first-order chi connectivity index (χ1) is 8.39. The monoisotopic (exact) mass is 271 g/mol. The summed E-state index contributed by atoms with van der Waals surface area (Å²) in [6.07, 6.45) is 0. The maximum absolute atomic E-state index is 12.1. The molecule has 0 aliphatic rings. The Balaban J connectivity index is 2.81. The zero-order chi connectivity index (χ0) is 13.8. The summed E-state index contributed by atoms with van der Waals surface area (Å²) in [5.74, 6) is 0.0449. The van der Waals surface area contributed by atoms with Crippen LogP contribution in [0.1, 0.15) is 25.3 Å². The number of nitrogens with zero attached hydrogens (tertiary/aromatic N) is 3. The Bertz CT molecular complexity index is 530. The molecule has 1 rings (SSSR count). The molecule has 18 heavy (non-hydrogen) atoms. The summed E-state index contributed by atoms with van der Waals surface area (Å²) in [6, 6.07) is 3.63. The van der Waals surface area contributed by atoms with Crippen molar-refractivity contribution in [2.24, 2.45) is 5.92 Å². The maximum Gasteiger partial charge on any atom is 0.220 e. The number of aryl methyl sites for hydroxylation is 1. The standard InChI is InChI=1S/C11H17N3O3S/c1-4-14(7-9(2)6-12)18(15,16)8-11-5-10(3)17-13-11/h5,9H,4,7-8H2,1-3H3. The van der Waals surface area contributed by atoms with Gasteiger partial charge in [0.2, 0.25) is 10.0 Å². The van der Waals surface area contributed by atoms with Gasteiger partial charge in [-0.25, -0.2) is 12.7 Å². The Labute approximate surface area is 107 Å². The average molecular weight is 271 g/mol. The Kier molecular flexibility index (Phi) is 4.87. The van der Waals surface area contributed by atoms with Gasteiger partial charge in [-0.1, -0.05) is 12.1 Å².